The molecule has 2 rings (SSSR count). The first-order valence-corrected chi connectivity index (χ1v) is 6.77. The molecular formula is C14H13NO4S2. The van der Waals surface area contributed by atoms with E-state index in [-0.39, 0.29) is 5.69 Å². The zero-order chi connectivity index (χ0) is 15.8. The highest BCUT2D eigenvalue weighted by Crippen LogP contribution is 2.18. The molecule has 0 aromatic heterocycles. The molecule has 5 nitrogen and oxygen atoms in total. The average molecular weight is 323 g/mol. The lowest BCUT2D eigenvalue weighted by molar-refractivity contribution is -0.384. The van der Waals surface area contributed by atoms with E-state index in [2.05, 4.69) is 25.3 Å². The van der Waals surface area contributed by atoms with Crippen LogP contribution in [0, 0.1) is 10.1 Å². The van der Waals surface area contributed by atoms with E-state index in [1.54, 1.807) is 36.4 Å². The van der Waals surface area contributed by atoms with Gasteiger partial charge in [-0.1, -0.05) is 30.3 Å². The molecule has 0 saturated carbocycles. The second-order valence-corrected chi connectivity index (χ2v) is 4.96. The van der Waals surface area contributed by atoms with Crippen LogP contribution < -0.4 is 0 Å². The molecule has 21 heavy (non-hydrogen) atoms. The van der Waals surface area contributed by atoms with Crippen molar-refractivity contribution in [3.05, 3.63) is 70.3 Å². The third-order valence-corrected chi connectivity index (χ3v) is 3.23. The van der Waals surface area contributed by atoms with Gasteiger partial charge >= 0.3 is 5.97 Å². The molecular weight excluding hydrogens is 310 g/mol. The van der Waals surface area contributed by atoms with Crippen LogP contribution in [-0.4, -0.2) is 16.0 Å². The van der Waals surface area contributed by atoms with Crippen LogP contribution in [-0.2, 0) is 4.79 Å². The Bertz CT molecular complexity index is 602. The van der Waals surface area contributed by atoms with E-state index < -0.39 is 16.1 Å². The average Bonchev–Trinajstić information content (AvgIpc) is 2.48. The van der Waals surface area contributed by atoms with Crippen LogP contribution in [0.3, 0.4) is 0 Å². The molecule has 1 atom stereocenters. The van der Waals surface area contributed by atoms with Crippen molar-refractivity contribution in [1.82, 2.24) is 0 Å². The lowest BCUT2D eigenvalue weighted by Crippen LogP contribution is -2.04. The molecule has 0 amide bonds. The van der Waals surface area contributed by atoms with Gasteiger partial charge in [0.1, 0.15) is 5.25 Å². The van der Waals surface area contributed by atoms with E-state index in [4.69, 9.17) is 5.11 Å². The number of aliphatic carboxylic acids is 1. The SMILES string of the molecule is O=C(O)C(S)c1ccccc1.O=[N+]([O-])c1ccc(S)cc1. The van der Waals surface area contributed by atoms with Crippen molar-refractivity contribution in [1.29, 1.82) is 0 Å². The van der Waals surface area contributed by atoms with Crippen LogP contribution >= 0.6 is 25.3 Å². The summed E-state index contributed by atoms with van der Waals surface area (Å²) in [6.07, 6.45) is 0. The van der Waals surface area contributed by atoms with Crippen LogP contribution in [0.4, 0.5) is 5.69 Å². The summed E-state index contributed by atoms with van der Waals surface area (Å²) in [5.41, 5.74) is 0.807. The maximum Gasteiger partial charge on any atom is 0.320 e. The molecule has 0 saturated heterocycles. The van der Waals surface area contributed by atoms with Crippen molar-refractivity contribution >= 4 is 36.9 Å². The highest BCUT2D eigenvalue weighted by molar-refractivity contribution is 7.81. The minimum Gasteiger partial charge on any atom is -0.480 e. The smallest absolute Gasteiger partial charge is 0.320 e. The maximum atomic E-state index is 10.4. The summed E-state index contributed by atoms with van der Waals surface area (Å²) in [6, 6.07) is 14.9. The number of nitrogens with zero attached hydrogens (tertiary/aromatic N) is 1. The number of non-ortho nitro benzene ring substituents is 1. The predicted octanol–water partition coefficient (Wildman–Crippen LogP) is 3.63. The summed E-state index contributed by atoms with van der Waals surface area (Å²) in [5, 5.41) is 17.9. The van der Waals surface area contributed by atoms with Gasteiger partial charge in [-0.3, -0.25) is 14.9 Å². The van der Waals surface area contributed by atoms with Gasteiger partial charge in [-0.25, -0.2) is 0 Å². The number of carboxylic acids is 1. The number of nitro groups is 1. The first kappa shape index (κ1) is 17.1. The van der Waals surface area contributed by atoms with Gasteiger partial charge in [-0.15, -0.1) is 12.6 Å². The van der Waals surface area contributed by atoms with Crippen molar-refractivity contribution in [3.63, 3.8) is 0 Å². The van der Waals surface area contributed by atoms with Gasteiger partial charge in [0, 0.05) is 17.0 Å². The second-order valence-electron chi connectivity index (χ2n) is 3.92. The fraction of sp³-hybridized carbons (Fsp3) is 0.0714. The lowest BCUT2D eigenvalue weighted by Gasteiger charge is -2.03. The molecule has 0 radical (unpaired) electrons. The number of rotatable bonds is 3. The maximum absolute atomic E-state index is 10.4. The van der Waals surface area contributed by atoms with E-state index in [1.165, 1.54) is 12.1 Å². The van der Waals surface area contributed by atoms with Gasteiger partial charge in [-0.2, -0.15) is 12.6 Å². The van der Waals surface area contributed by atoms with E-state index in [0.717, 1.165) is 4.90 Å². The Morgan fingerprint density at radius 1 is 1.10 bits per heavy atom. The van der Waals surface area contributed by atoms with Gasteiger partial charge in [0.05, 0.1) is 4.92 Å². The first-order chi connectivity index (χ1) is 9.91. The zero-order valence-corrected chi connectivity index (χ0v) is 12.6. The highest BCUT2D eigenvalue weighted by atomic mass is 32.1. The number of carboxylic acid groups (broad SMARTS) is 1. The Balaban J connectivity index is 0.000000211. The van der Waals surface area contributed by atoms with Gasteiger partial charge in [0.2, 0.25) is 0 Å². The van der Waals surface area contributed by atoms with E-state index >= 15 is 0 Å². The highest BCUT2D eigenvalue weighted by Gasteiger charge is 2.12. The summed E-state index contributed by atoms with van der Waals surface area (Å²) in [7, 11) is 0. The first-order valence-electron chi connectivity index (χ1n) is 5.81. The third kappa shape index (κ3) is 5.88. The fourth-order valence-corrected chi connectivity index (χ4v) is 1.67. The second kappa shape index (κ2) is 8.33. The molecule has 0 aliphatic heterocycles. The molecule has 0 heterocycles. The summed E-state index contributed by atoms with van der Waals surface area (Å²) < 4.78 is 0. The van der Waals surface area contributed by atoms with Crippen molar-refractivity contribution in [2.45, 2.75) is 10.1 Å². The van der Waals surface area contributed by atoms with Crippen LogP contribution in [0.2, 0.25) is 0 Å². The Hall–Kier alpha value is -1.99. The van der Waals surface area contributed by atoms with Crippen molar-refractivity contribution in [2.75, 3.05) is 0 Å². The third-order valence-electron chi connectivity index (χ3n) is 2.41. The Morgan fingerprint density at radius 2 is 1.62 bits per heavy atom. The summed E-state index contributed by atoms with van der Waals surface area (Å²) in [6.45, 7) is 0. The minimum atomic E-state index is -0.917. The number of carbonyl (C=O) groups is 1. The molecule has 1 N–H and O–H groups in total. The van der Waals surface area contributed by atoms with Gasteiger partial charge < -0.3 is 5.11 Å². The monoisotopic (exact) mass is 323 g/mol. The van der Waals surface area contributed by atoms with Gasteiger partial charge in [-0.05, 0) is 17.7 Å². The zero-order valence-electron chi connectivity index (χ0n) is 10.8. The molecule has 0 spiro atoms. The van der Waals surface area contributed by atoms with Gasteiger partial charge in [0.25, 0.3) is 5.69 Å². The van der Waals surface area contributed by atoms with Crippen LogP contribution in [0.15, 0.2) is 59.5 Å². The van der Waals surface area contributed by atoms with E-state index in [9.17, 15) is 14.9 Å². The molecule has 1 unspecified atom stereocenters. The number of hydrogen-bond donors (Lipinski definition) is 3. The Morgan fingerprint density at radius 3 is 2.05 bits per heavy atom. The lowest BCUT2D eigenvalue weighted by atomic mass is 10.1. The van der Waals surface area contributed by atoms with Crippen molar-refractivity contribution in [3.8, 4) is 0 Å². The molecule has 0 bridgehead atoms. The normalized spacial score (nSPS) is 11.0. The molecule has 0 aliphatic rings. The number of hydrogen-bond acceptors (Lipinski definition) is 5. The molecule has 110 valence electrons. The molecule has 7 heteroatoms. The largest absolute Gasteiger partial charge is 0.480 e. The van der Waals surface area contributed by atoms with Crippen LogP contribution in [0.25, 0.3) is 0 Å². The predicted molar refractivity (Wildman–Crippen MR) is 86.2 cm³/mol. The standard InChI is InChI=1S/C8H8O2S.C6H5NO2S/c9-8(10)7(11)6-4-2-1-3-5-6;8-7(9)5-1-3-6(10)4-2-5/h1-5,7,11H,(H,9,10);1-4,10H. The molecule has 2 aromatic carbocycles. The van der Waals surface area contributed by atoms with Gasteiger partial charge in [0.15, 0.2) is 0 Å². The van der Waals surface area contributed by atoms with E-state index in [0.29, 0.717) is 5.56 Å². The van der Waals surface area contributed by atoms with Crippen molar-refractivity contribution < 1.29 is 14.8 Å². The number of nitro benzene ring substituents is 1. The quantitative estimate of drug-likeness (QED) is 0.458. The topological polar surface area (TPSA) is 80.4 Å². The number of benzene rings is 2. The number of thiol groups is 2. The summed E-state index contributed by atoms with van der Waals surface area (Å²) in [5.74, 6) is -0.917. The molecule has 0 fully saturated rings. The summed E-state index contributed by atoms with van der Waals surface area (Å²) in [4.78, 5) is 20.8. The molecule has 2 aromatic rings. The molecule has 0 aliphatic carbocycles. The van der Waals surface area contributed by atoms with Crippen molar-refractivity contribution in [2.24, 2.45) is 0 Å². The summed E-state index contributed by atoms with van der Waals surface area (Å²) >= 11 is 7.89. The van der Waals surface area contributed by atoms with Crippen LogP contribution in [0.5, 0.6) is 0 Å². The Kier molecular flexibility index (Phi) is 6.77. The minimum absolute atomic E-state index is 0.0952. The Labute approximate surface area is 132 Å². The van der Waals surface area contributed by atoms with Crippen LogP contribution in [0.1, 0.15) is 10.8 Å². The fourth-order valence-electron chi connectivity index (χ4n) is 1.35. The van der Waals surface area contributed by atoms with E-state index in [1.807, 2.05) is 6.07 Å².